The minimum absolute atomic E-state index is 0.0271. The number of carbonyl (C=O) groups excluding carboxylic acids is 1. The molecule has 28 heavy (non-hydrogen) atoms. The highest BCUT2D eigenvalue weighted by molar-refractivity contribution is 6.14. The summed E-state index contributed by atoms with van der Waals surface area (Å²) in [4.78, 5) is 22.7. The fourth-order valence-corrected chi connectivity index (χ4v) is 2.80. The minimum Gasteiger partial charge on any atom is -0.489 e. The number of carbonyl (C=O) groups is 1. The maximum Gasteiger partial charge on any atom is 0.269 e. The highest BCUT2D eigenvalue weighted by Crippen LogP contribution is 2.35. The first-order chi connectivity index (χ1) is 13.5. The van der Waals surface area contributed by atoms with Crippen molar-refractivity contribution in [2.75, 3.05) is 0 Å². The molecule has 0 saturated carbocycles. The molecule has 7 heteroatoms. The van der Waals surface area contributed by atoms with Crippen molar-refractivity contribution < 1.29 is 23.6 Å². The number of Topliss-reactive ketones (excluding diaryl/α,β-unsaturated/α-hetero) is 1. The molecule has 0 unspecified atom stereocenters. The normalized spacial score (nSPS) is 14.0. The molecule has 0 aliphatic carbocycles. The smallest absolute Gasteiger partial charge is 0.269 e. The molecule has 0 N–H and O–H groups in total. The number of rotatable bonds is 5. The number of nitro benzene ring substituents is 1. The van der Waals surface area contributed by atoms with Gasteiger partial charge in [0.25, 0.3) is 5.69 Å². The second-order valence-corrected chi connectivity index (χ2v) is 6.26. The largest absolute Gasteiger partial charge is 0.489 e. The third-order valence-electron chi connectivity index (χ3n) is 4.23. The molecule has 0 amide bonds. The Hall–Kier alpha value is -3.87. The SMILES string of the molecule is Cc1ccc(/C=C2\Oc3cc(OCc4ccc([N+](=O)[O-])cc4)ccc3C2=O)o1. The van der Waals surface area contributed by atoms with E-state index >= 15 is 0 Å². The van der Waals surface area contributed by atoms with Crippen LogP contribution in [0.4, 0.5) is 5.69 Å². The molecule has 0 saturated heterocycles. The summed E-state index contributed by atoms with van der Waals surface area (Å²) in [6, 6.07) is 14.7. The number of fused-ring (bicyclic) bond motifs is 1. The molecule has 1 aliphatic rings. The molecular formula is C21H15NO6. The van der Waals surface area contributed by atoms with Crippen molar-refractivity contribution in [1.82, 2.24) is 0 Å². The third-order valence-corrected chi connectivity index (χ3v) is 4.23. The van der Waals surface area contributed by atoms with Gasteiger partial charge in [0.05, 0.1) is 10.5 Å². The summed E-state index contributed by atoms with van der Waals surface area (Å²) in [6.07, 6.45) is 1.56. The molecule has 0 bridgehead atoms. The second kappa shape index (κ2) is 7.03. The first kappa shape index (κ1) is 17.5. The van der Waals surface area contributed by atoms with Crippen molar-refractivity contribution in [3.05, 3.63) is 93.1 Å². The molecule has 3 aromatic rings. The van der Waals surface area contributed by atoms with Crippen molar-refractivity contribution in [3.8, 4) is 11.5 Å². The summed E-state index contributed by atoms with van der Waals surface area (Å²) in [5, 5.41) is 10.7. The van der Waals surface area contributed by atoms with Gasteiger partial charge in [0.15, 0.2) is 5.76 Å². The van der Waals surface area contributed by atoms with E-state index in [1.54, 1.807) is 42.5 Å². The molecule has 2 aromatic carbocycles. The van der Waals surface area contributed by atoms with Gasteiger partial charge in [-0.15, -0.1) is 0 Å². The number of nitrogens with zero attached hydrogens (tertiary/aromatic N) is 1. The number of furan rings is 1. The van der Waals surface area contributed by atoms with E-state index in [1.165, 1.54) is 12.1 Å². The van der Waals surface area contributed by atoms with Crippen molar-refractivity contribution in [2.45, 2.75) is 13.5 Å². The number of benzene rings is 2. The number of ether oxygens (including phenoxy) is 2. The minimum atomic E-state index is -0.450. The molecular weight excluding hydrogens is 362 g/mol. The molecule has 1 aliphatic heterocycles. The summed E-state index contributed by atoms with van der Waals surface area (Å²) < 4.78 is 16.8. The second-order valence-electron chi connectivity index (χ2n) is 6.26. The molecule has 0 radical (unpaired) electrons. The Balaban J connectivity index is 1.47. The lowest BCUT2D eigenvalue weighted by molar-refractivity contribution is -0.384. The number of nitro groups is 1. The van der Waals surface area contributed by atoms with Crippen LogP contribution in [0.5, 0.6) is 11.5 Å². The Bertz CT molecular complexity index is 1090. The molecule has 7 nitrogen and oxygen atoms in total. The van der Waals surface area contributed by atoms with Crippen LogP contribution in [-0.2, 0) is 6.61 Å². The van der Waals surface area contributed by atoms with Gasteiger partial charge in [0.2, 0.25) is 5.78 Å². The lowest BCUT2D eigenvalue weighted by Gasteiger charge is -2.07. The van der Waals surface area contributed by atoms with Crippen molar-refractivity contribution in [2.24, 2.45) is 0 Å². The molecule has 140 valence electrons. The standard InChI is InChI=1S/C21H15NO6/c1-13-2-7-17(27-13)11-20-21(23)18-9-8-16(10-19(18)28-20)26-12-14-3-5-15(6-4-14)22(24)25/h2-11H,12H2,1H3/b20-11-. The Morgan fingerprint density at radius 3 is 2.57 bits per heavy atom. The molecule has 1 aromatic heterocycles. The van der Waals surface area contributed by atoms with Crippen molar-refractivity contribution in [3.63, 3.8) is 0 Å². The third kappa shape index (κ3) is 3.50. The van der Waals surface area contributed by atoms with Gasteiger partial charge in [-0.05, 0) is 48.9 Å². The van der Waals surface area contributed by atoms with E-state index in [2.05, 4.69) is 0 Å². The Morgan fingerprint density at radius 2 is 1.89 bits per heavy atom. The first-order valence-electron chi connectivity index (χ1n) is 8.50. The van der Waals surface area contributed by atoms with E-state index in [4.69, 9.17) is 13.9 Å². The first-order valence-corrected chi connectivity index (χ1v) is 8.50. The van der Waals surface area contributed by atoms with Crippen LogP contribution >= 0.6 is 0 Å². The summed E-state index contributed by atoms with van der Waals surface area (Å²) >= 11 is 0. The zero-order chi connectivity index (χ0) is 19.7. The van der Waals surface area contributed by atoms with E-state index in [0.29, 0.717) is 22.8 Å². The van der Waals surface area contributed by atoms with Crippen molar-refractivity contribution in [1.29, 1.82) is 0 Å². The molecule has 0 atom stereocenters. The number of hydrogen-bond donors (Lipinski definition) is 0. The Kier molecular flexibility index (Phi) is 4.41. The molecule has 0 fully saturated rings. The number of ketones is 1. The summed E-state index contributed by atoms with van der Waals surface area (Å²) in [7, 11) is 0. The van der Waals surface area contributed by atoms with Gasteiger partial charge < -0.3 is 13.9 Å². The van der Waals surface area contributed by atoms with Crippen LogP contribution in [0.15, 0.2) is 64.8 Å². The predicted octanol–water partition coefficient (Wildman–Crippen LogP) is 4.69. The predicted molar refractivity (Wildman–Crippen MR) is 100 cm³/mol. The fraction of sp³-hybridized carbons (Fsp3) is 0.0952. The lowest BCUT2D eigenvalue weighted by Crippen LogP contribution is -1.97. The average Bonchev–Trinajstić information content (AvgIpc) is 3.23. The highest BCUT2D eigenvalue weighted by atomic mass is 16.6. The molecule has 0 spiro atoms. The number of aryl methyl sites for hydroxylation is 1. The Morgan fingerprint density at radius 1 is 1.11 bits per heavy atom. The molecule has 2 heterocycles. The van der Waals surface area contributed by atoms with Gasteiger partial charge in [-0.25, -0.2) is 0 Å². The highest BCUT2D eigenvalue weighted by Gasteiger charge is 2.28. The van der Waals surface area contributed by atoms with E-state index in [9.17, 15) is 14.9 Å². The fourth-order valence-electron chi connectivity index (χ4n) is 2.80. The lowest BCUT2D eigenvalue weighted by atomic mass is 10.1. The number of allylic oxidation sites excluding steroid dienone is 1. The van der Waals surface area contributed by atoms with Crippen LogP contribution in [0.3, 0.4) is 0 Å². The van der Waals surface area contributed by atoms with E-state index in [1.807, 2.05) is 13.0 Å². The van der Waals surface area contributed by atoms with Crippen LogP contribution in [0.2, 0.25) is 0 Å². The topological polar surface area (TPSA) is 91.8 Å². The van der Waals surface area contributed by atoms with Crippen molar-refractivity contribution >= 4 is 17.5 Å². The van der Waals surface area contributed by atoms with Gasteiger partial charge in [-0.3, -0.25) is 14.9 Å². The summed E-state index contributed by atoms with van der Waals surface area (Å²) in [6.45, 7) is 2.06. The van der Waals surface area contributed by atoms with Crippen LogP contribution < -0.4 is 9.47 Å². The monoisotopic (exact) mass is 377 g/mol. The van der Waals surface area contributed by atoms with Crippen LogP contribution in [-0.4, -0.2) is 10.7 Å². The van der Waals surface area contributed by atoms with Gasteiger partial charge in [-0.1, -0.05) is 0 Å². The van der Waals surface area contributed by atoms with E-state index < -0.39 is 4.92 Å². The van der Waals surface area contributed by atoms with Gasteiger partial charge >= 0.3 is 0 Å². The maximum absolute atomic E-state index is 12.5. The Labute approximate surface area is 160 Å². The summed E-state index contributed by atoms with van der Waals surface area (Å²) in [5.74, 6) is 2.21. The van der Waals surface area contributed by atoms with E-state index in [0.717, 1.165) is 11.3 Å². The maximum atomic E-state index is 12.5. The van der Waals surface area contributed by atoms with Crippen LogP contribution in [0, 0.1) is 17.0 Å². The average molecular weight is 377 g/mol. The number of hydrogen-bond acceptors (Lipinski definition) is 6. The zero-order valence-electron chi connectivity index (χ0n) is 14.9. The number of non-ortho nitro benzene ring substituents is 1. The van der Waals surface area contributed by atoms with E-state index in [-0.39, 0.29) is 23.8 Å². The summed E-state index contributed by atoms with van der Waals surface area (Å²) in [5.41, 5.74) is 1.27. The van der Waals surface area contributed by atoms with Gasteiger partial charge in [0, 0.05) is 24.3 Å². The van der Waals surface area contributed by atoms with Crippen LogP contribution in [0.25, 0.3) is 6.08 Å². The molecule has 4 rings (SSSR count). The quantitative estimate of drug-likeness (QED) is 0.364. The zero-order valence-corrected chi connectivity index (χ0v) is 14.9. The van der Waals surface area contributed by atoms with Crippen LogP contribution in [0.1, 0.15) is 27.4 Å². The van der Waals surface area contributed by atoms with Gasteiger partial charge in [0.1, 0.15) is 29.6 Å². The van der Waals surface area contributed by atoms with Gasteiger partial charge in [-0.2, -0.15) is 0 Å².